The van der Waals surface area contributed by atoms with Gasteiger partial charge in [-0.3, -0.25) is 14.7 Å². The van der Waals surface area contributed by atoms with E-state index in [1.807, 2.05) is 18.2 Å². The molecule has 1 amide bonds. The summed E-state index contributed by atoms with van der Waals surface area (Å²) in [6.45, 7) is 0.245. The summed E-state index contributed by atoms with van der Waals surface area (Å²) in [5, 5.41) is 10.2. The summed E-state index contributed by atoms with van der Waals surface area (Å²) in [7, 11) is 1.55. The van der Waals surface area contributed by atoms with E-state index < -0.39 is 0 Å². The third-order valence-corrected chi connectivity index (χ3v) is 3.78. The highest BCUT2D eigenvalue weighted by molar-refractivity contribution is 6.06. The number of hydrogen-bond donors (Lipinski definition) is 1. The predicted octanol–water partition coefficient (Wildman–Crippen LogP) is 3.64. The van der Waals surface area contributed by atoms with Crippen LogP contribution in [0.2, 0.25) is 0 Å². The minimum atomic E-state index is -0.244. The molecule has 0 aliphatic carbocycles. The molecule has 0 atom stereocenters. The number of aromatic hydroxyl groups is 1. The number of hydrogen-bond acceptors (Lipinski definition) is 4. The van der Waals surface area contributed by atoms with Crippen LogP contribution in [0.25, 0.3) is 0 Å². The standard InChI is InChI=1S/C20H18N2O3/c1-25-17-9-6-7-15(13-17)20(24)22(14-16-8-4-5-12-21-16)18-10-2-3-11-19(18)23/h2-13,23H,14H2,1H3. The fourth-order valence-corrected chi connectivity index (χ4v) is 2.52. The van der Waals surface area contributed by atoms with Crippen molar-refractivity contribution in [3.63, 3.8) is 0 Å². The molecule has 0 aliphatic rings. The number of phenolic OH excluding ortho intramolecular Hbond substituents is 1. The normalized spacial score (nSPS) is 10.3. The van der Waals surface area contributed by atoms with Crippen molar-refractivity contribution in [3.8, 4) is 11.5 Å². The van der Waals surface area contributed by atoms with Gasteiger partial charge < -0.3 is 9.84 Å². The number of amides is 1. The van der Waals surface area contributed by atoms with E-state index in [-0.39, 0.29) is 18.2 Å². The van der Waals surface area contributed by atoms with Crippen molar-refractivity contribution in [2.45, 2.75) is 6.54 Å². The van der Waals surface area contributed by atoms with Crippen molar-refractivity contribution in [1.82, 2.24) is 4.98 Å². The Bertz CT molecular complexity index is 866. The van der Waals surface area contributed by atoms with Crippen molar-refractivity contribution < 1.29 is 14.6 Å². The second-order valence-electron chi connectivity index (χ2n) is 5.43. The predicted molar refractivity (Wildman–Crippen MR) is 95.9 cm³/mol. The Kier molecular flexibility index (Phi) is 4.95. The van der Waals surface area contributed by atoms with Gasteiger partial charge in [-0.1, -0.05) is 24.3 Å². The molecule has 126 valence electrons. The maximum absolute atomic E-state index is 13.1. The first kappa shape index (κ1) is 16.5. The molecule has 5 heteroatoms. The maximum Gasteiger partial charge on any atom is 0.258 e. The topological polar surface area (TPSA) is 62.7 Å². The Morgan fingerprint density at radius 2 is 1.88 bits per heavy atom. The number of rotatable bonds is 5. The smallest absolute Gasteiger partial charge is 0.258 e. The quantitative estimate of drug-likeness (QED) is 0.774. The number of carbonyl (C=O) groups excluding carboxylic acids is 1. The number of phenols is 1. The van der Waals surface area contributed by atoms with E-state index in [1.165, 1.54) is 4.90 Å². The first-order valence-electron chi connectivity index (χ1n) is 7.83. The SMILES string of the molecule is COc1cccc(C(=O)N(Cc2ccccn2)c2ccccc2O)c1. The van der Waals surface area contributed by atoms with Gasteiger partial charge in [0.15, 0.2) is 0 Å². The van der Waals surface area contributed by atoms with Gasteiger partial charge in [0.25, 0.3) is 5.91 Å². The molecular formula is C20H18N2O3. The van der Waals surface area contributed by atoms with E-state index >= 15 is 0 Å². The minimum Gasteiger partial charge on any atom is -0.506 e. The molecule has 0 aliphatic heterocycles. The second-order valence-corrected chi connectivity index (χ2v) is 5.43. The van der Waals surface area contributed by atoms with E-state index in [0.29, 0.717) is 17.0 Å². The monoisotopic (exact) mass is 334 g/mol. The van der Waals surface area contributed by atoms with Crippen molar-refractivity contribution in [1.29, 1.82) is 0 Å². The fourth-order valence-electron chi connectivity index (χ4n) is 2.52. The van der Waals surface area contributed by atoms with Gasteiger partial charge in [-0.05, 0) is 42.5 Å². The molecular weight excluding hydrogens is 316 g/mol. The van der Waals surface area contributed by atoms with Crippen LogP contribution in [-0.4, -0.2) is 23.1 Å². The lowest BCUT2D eigenvalue weighted by atomic mass is 10.1. The summed E-state index contributed by atoms with van der Waals surface area (Å²) in [4.78, 5) is 18.9. The summed E-state index contributed by atoms with van der Waals surface area (Å²) in [6.07, 6.45) is 1.67. The first-order valence-corrected chi connectivity index (χ1v) is 7.83. The Balaban J connectivity index is 2.01. The molecule has 0 spiro atoms. The second kappa shape index (κ2) is 7.49. The van der Waals surface area contributed by atoms with Crippen LogP contribution >= 0.6 is 0 Å². The van der Waals surface area contributed by atoms with Gasteiger partial charge in [0.2, 0.25) is 0 Å². The Morgan fingerprint density at radius 1 is 1.08 bits per heavy atom. The molecule has 3 aromatic rings. The van der Waals surface area contributed by atoms with E-state index in [0.717, 1.165) is 5.69 Å². The minimum absolute atomic E-state index is 0.0367. The lowest BCUT2D eigenvalue weighted by molar-refractivity contribution is 0.0983. The highest BCUT2D eigenvalue weighted by Crippen LogP contribution is 2.29. The molecule has 3 rings (SSSR count). The average molecular weight is 334 g/mol. The number of benzene rings is 2. The summed E-state index contributed by atoms with van der Waals surface area (Å²) >= 11 is 0. The fraction of sp³-hybridized carbons (Fsp3) is 0.100. The van der Waals surface area contributed by atoms with Gasteiger partial charge in [-0.15, -0.1) is 0 Å². The van der Waals surface area contributed by atoms with Gasteiger partial charge >= 0.3 is 0 Å². The number of carbonyl (C=O) groups is 1. The van der Waals surface area contributed by atoms with E-state index in [9.17, 15) is 9.90 Å². The summed E-state index contributed by atoms with van der Waals surface area (Å²) in [6, 6.07) is 19.2. The van der Waals surface area contributed by atoms with Crippen LogP contribution in [0.5, 0.6) is 11.5 Å². The maximum atomic E-state index is 13.1. The largest absolute Gasteiger partial charge is 0.506 e. The third kappa shape index (κ3) is 3.77. The Hall–Kier alpha value is -3.34. The van der Waals surface area contributed by atoms with Crippen LogP contribution in [0.3, 0.4) is 0 Å². The number of methoxy groups -OCH3 is 1. The molecule has 0 saturated heterocycles. The summed E-state index contributed by atoms with van der Waals surface area (Å²) in [5.41, 5.74) is 1.63. The molecule has 2 aromatic carbocycles. The lowest BCUT2D eigenvalue weighted by Gasteiger charge is -2.23. The molecule has 25 heavy (non-hydrogen) atoms. The van der Waals surface area contributed by atoms with Crippen LogP contribution in [0.15, 0.2) is 72.9 Å². The molecule has 1 N–H and O–H groups in total. The number of nitrogens with zero attached hydrogens (tertiary/aromatic N) is 2. The van der Waals surface area contributed by atoms with E-state index in [1.54, 1.807) is 61.8 Å². The summed E-state index contributed by atoms with van der Waals surface area (Å²) in [5.74, 6) is 0.390. The van der Waals surface area contributed by atoms with Crippen LogP contribution < -0.4 is 9.64 Å². The van der Waals surface area contributed by atoms with Gasteiger partial charge in [0.1, 0.15) is 11.5 Å². The zero-order valence-corrected chi connectivity index (χ0v) is 13.8. The Morgan fingerprint density at radius 3 is 2.60 bits per heavy atom. The zero-order chi connectivity index (χ0) is 17.6. The van der Waals surface area contributed by atoms with Crippen LogP contribution in [0, 0.1) is 0 Å². The number of para-hydroxylation sites is 2. The molecule has 0 saturated carbocycles. The molecule has 1 heterocycles. The number of anilines is 1. The van der Waals surface area contributed by atoms with Crippen molar-refractivity contribution >= 4 is 11.6 Å². The van der Waals surface area contributed by atoms with Crippen LogP contribution in [0.1, 0.15) is 16.1 Å². The van der Waals surface area contributed by atoms with Gasteiger partial charge in [0.05, 0.1) is 25.0 Å². The van der Waals surface area contributed by atoms with Crippen LogP contribution in [0.4, 0.5) is 5.69 Å². The summed E-state index contributed by atoms with van der Waals surface area (Å²) < 4.78 is 5.20. The number of aromatic nitrogens is 1. The highest BCUT2D eigenvalue weighted by Gasteiger charge is 2.21. The molecule has 5 nitrogen and oxygen atoms in total. The van der Waals surface area contributed by atoms with Crippen LogP contribution in [-0.2, 0) is 6.54 Å². The van der Waals surface area contributed by atoms with Crippen molar-refractivity contribution in [2.24, 2.45) is 0 Å². The van der Waals surface area contributed by atoms with Gasteiger partial charge in [-0.25, -0.2) is 0 Å². The first-order chi connectivity index (χ1) is 12.2. The molecule has 0 unspecified atom stereocenters. The number of pyridine rings is 1. The molecule has 0 radical (unpaired) electrons. The molecule has 0 bridgehead atoms. The van der Waals surface area contributed by atoms with Crippen molar-refractivity contribution in [3.05, 3.63) is 84.2 Å². The van der Waals surface area contributed by atoms with Gasteiger partial charge in [-0.2, -0.15) is 0 Å². The molecule has 0 fully saturated rings. The highest BCUT2D eigenvalue weighted by atomic mass is 16.5. The Labute approximate surface area is 146 Å². The van der Waals surface area contributed by atoms with Crippen molar-refractivity contribution in [2.75, 3.05) is 12.0 Å². The molecule has 1 aromatic heterocycles. The number of ether oxygens (including phenoxy) is 1. The zero-order valence-electron chi connectivity index (χ0n) is 13.8. The lowest BCUT2D eigenvalue weighted by Crippen LogP contribution is -2.30. The van der Waals surface area contributed by atoms with E-state index in [4.69, 9.17) is 4.74 Å². The average Bonchev–Trinajstić information content (AvgIpc) is 2.67. The third-order valence-electron chi connectivity index (χ3n) is 3.78. The van der Waals surface area contributed by atoms with Gasteiger partial charge in [0, 0.05) is 11.8 Å². The van der Waals surface area contributed by atoms with E-state index in [2.05, 4.69) is 4.98 Å².